The lowest BCUT2D eigenvalue weighted by Gasteiger charge is -2.34. The van der Waals surface area contributed by atoms with Gasteiger partial charge in [-0.15, -0.1) is 5.10 Å². The second-order valence-electron chi connectivity index (χ2n) is 8.48. The Hall–Kier alpha value is -2.83. The molecule has 0 radical (unpaired) electrons. The Morgan fingerprint density at radius 3 is 2.73 bits per heavy atom. The van der Waals surface area contributed by atoms with E-state index in [9.17, 15) is 4.79 Å². The maximum atomic E-state index is 12.0. The molecule has 4 rings (SSSR count). The van der Waals surface area contributed by atoms with E-state index in [0.717, 1.165) is 68.4 Å². The average molecular weight is 409 g/mol. The van der Waals surface area contributed by atoms with Gasteiger partial charge in [-0.25, -0.2) is 0 Å². The number of hydrogen-bond donors (Lipinski definition) is 1. The first-order valence-electron chi connectivity index (χ1n) is 11.0. The molecule has 1 aliphatic carbocycles. The van der Waals surface area contributed by atoms with Gasteiger partial charge in [0.1, 0.15) is 5.82 Å². The summed E-state index contributed by atoms with van der Waals surface area (Å²) in [5, 5.41) is 7.42. The number of carbonyl (C=O) groups excluding carboxylic acids is 1. The van der Waals surface area contributed by atoms with Gasteiger partial charge in [0.2, 0.25) is 11.9 Å². The summed E-state index contributed by atoms with van der Waals surface area (Å²) in [4.78, 5) is 21.2. The van der Waals surface area contributed by atoms with Crippen molar-refractivity contribution in [1.29, 1.82) is 0 Å². The summed E-state index contributed by atoms with van der Waals surface area (Å²) in [7, 11) is 0. The van der Waals surface area contributed by atoms with Gasteiger partial charge in [-0.2, -0.15) is 9.50 Å². The van der Waals surface area contributed by atoms with Crippen LogP contribution in [0.4, 0.5) is 11.8 Å². The largest absolute Gasteiger partial charge is 0.356 e. The number of rotatable bonds is 8. The first-order chi connectivity index (χ1) is 14.5. The van der Waals surface area contributed by atoms with Crippen molar-refractivity contribution in [3.8, 4) is 0 Å². The summed E-state index contributed by atoms with van der Waals surface area (Å²) < 4.78 is 1.86. The van der Waals surface area contributed by atoms with E-state index >= 15 is 0 Å². The molecule has 1 amide bonds. The van der Waals surface area contributed by atoms with Gasteiger partial charge in [0.05, 0.1) is 0 Å². The lowest BCUT2D eigenvalue weighted by molar-refractivity contribution is -0.117. The quantitative estimate of drug-likeness (QED) is 0.714. The van der Waals surface area contributed by atoms with E-state index in [1.807, 2.05) is 23.6 Å². The molecule has 2 aromatic heterocycles. The van der Waals surface area contributed by atoms with Crippen molar-refractivity contribution in [3.05, 3.63) is 42.8 Å². The van der Waals surface area contributed by atoms with E-state index in [4.69, 9.17) is 0 Å². The molecule has 1 N–H and O–H groups in total. The molecular weight excluding hydrogens is 376 g/mol. The van der Waals surface area contributed by atoms with Crippen LogP contribution < -0.4 is 10.2 Å². The highest BCUT2D eigenvalue weighted by molar-refractivity contribution is 5.92. The Bertz CT molecular complexity index is 936. The Balaban J connectivity index is 1.37. The van der Waals surface area contributed by atoms with Crippen molar-refractivity contribution < 1.29 is 4.79 Å². The third-order valence-electron chi connectivity index (χ3n) is 6.06. The number of anilines is 2. The van der Waals surface area contributed by atoms with Crippen LogP contribution in [-0.4, -0.2) is 45.0 Å². The molecule has 7 heteroatoms. The van der Waals surface area contributed by atoms with Crippen LogP contribution >= 0.6 is 0 Å². The van der Waals surface area contributed by atoms with Crippen LogP contribution in [0.3, 0.4) is 0 Å². The number of carbonyl (C=O) groups is 1. The Morgan fingerprint density at radius 2 is 2.07 bits per heavy atom. The molecule has 2 aliphatic rings. The monoisotopic (exact) mass is 408 g/mol. The van der Waals surface area contributed by atoms with Crippen molar-refractivity contribution in [2.45, 2.75) is 46.0 Å². The first kappa shape index (κ1) is 20.4. The van der Waals surface area contributed by atoms with Crippen LogP contribution in [0.15, 0.2) is 42.8 Å². The van der Waals surface area contributed by atoms with Crippen molar-refractivity contribution in [1.82, 2.24) is 19.5 Å². The van der Waals surface area contributed by atoms with Crippen molar-refractivity contribution in [2.75, 3.05) is 29.9 Å². The molecular formula is C23H32N6O. The van der Waals surface area contributed by atoms with E-state index in [0.29, 0.717) is 5.95 Å². The summed E-state index contributed by atoms with van der Waals surface area (Å²) in [6, 6.07) is 6.03. The standard InChI is InChI=1S/C23H32N6O/c1-4-13-27(17(2)3)14-10-18-11-15-28(16-12-18)21-7-5-6-20-24-23(26-29(20)21)25-22(30)19-8-9-19/h4-7,13,18-19H,2,8-12,14-16H2,1,3H3,(H,25,26,30)/b13-4-. The number of fused-ring (bicyclic) bond motifs is 1. The third kappa shape index (κ3) is 4.66. The maximum absolute atomic E-state index is 12.0. The minimum atomic E-state index is 0.0370. The highest BCUT2D eigenvalue weighted by atomic mass is 16.2. The van der Waals surface area contributed by atoms with Crippen molar-refractivity contribution >= 4 is 23.3 Å². The van der Waals surface area contributed by atoms with Gasteiger partial charge in [-0.1, -0.05) is 18.7 Å². The van der Waals surface area contributed by atoms with E-state index in [1.54, 1.807) is 0 Å². The van der Waals surface area contributed by atoms with Crippen LogP contribution in [0.2, 0.25) is 0 Å². The molecule has 30 heavy (non-hydrogen) atoms. The zero-order chi connectivity index (χ0) is 21.1. The second kappa shape index (κ2) is 8.90. The molecule has 2 fully saturated rings. The number of piperidine rings is 1. The fourth-order valence-electron chi connectivity index (χ4n) is 4.09. The number of allylic oxidation sites excluding steroid dienone is 2. The van der Waals surface area contributed by atoms with E-state index in [2.05, 4.69) is 57.0 Å². The molecule has 1 saturated carbocycles. The predicted molar refractivity (Wildman–Crippen MR) is 120 cm³/mol. The van der Waals surface area contributed by atoms with Gasteiger partial charge in [-0.05, 0) is 70.2 Å². The van der Waals surface area contributed by atoms with E-state index in [1.165, 1.54) is 6.42 Å². The summed E-state index contributed by atoms with van der Waals surface area (Å²) in [5.41, 5.74) is 1.86. The molecule has 1 saturated heterocycles. The Morgan fingerprint density at radius 1 is 1.30 bits per heavy atom. The molecule has 0 unspecified atom stereocenters. The summed E-state index contributed by atoms with van der Waals surface area (Å²) in [6.45, 7) is 11.2. The average Bonchev–Trinajstić information content (AvgIpc) is 3.51. The van der Waals surface area contributed by atoms with Crippen molar-refractivity contribution in [3.63, 3.8) is 0 Å². The SMILES string of the molecule is C=C(C)N(/C=C\C)CCC1CCN(c2cccc3nc(NC(=O)C4CC4)nn23)CC1. The normalized spacial score (nSPS) is 17.6. The smallest absolute Gasteiger partial charge is 0.249 e. The summed E-state index contributed by atoms with van der Waals surface area (Å²) >= 11 is 0. The van der Waals surface area contributed by atoms with Crippen LogP contribution in [0.5, 0.6) is 0 Å². The Kier molecular flexibility index (Phi) is 6.06. The molecule has 0 atom stereocenters. The van der Waals surface area contributed by atoms with Gasteiger partial charge < -0.3 is 9.80 Å². The third-order valence-corrected chi connectivity index (χ3v) is 6.06. The zero-order valence-corrected chi connectivity index (χ0v) is 18.0. The van der Waals surface area contributed by atoms with Gasteiger partial charge >= 0.3 is 0 Å². The van der Waals surface area contributed by atoms with Crippen molar-refractivity contribution in [2.24, 2.45) is 11.8 Å². The van der Waals surface area contributed by atoms with Crippen LogP contribution in [0.1, 0.15) is 46.0 Å². The molecule has 0 aromatic carbocycles. The number of pyridine rings is 1. The van der Waals surface area contributed by atoms with E-state index in [-0.39, 0.29) is 11.8 Å². The fourth-order valence-corrected chi connectivity index (χ4v) is 4.09. The highest BCUT2D eigenvalue weighted by Gasteiger charge is 2.30. The molecule has 0 spiro atoms. The zero-order valence-electron chi connectivity index (χ0n) is 18.0. The minimum absolute atomic E-state index is 0.0370. The molecule has 1 aliphatic heterocycles. The predicted octanol–water partition coefficient (Wildman–Crippen LogP) is 4.05. The highest BCUT2D eigenvalue weighted by Crippen LogP contribution is 2.30. The van der Waals surface area contributed by atoms with Crippen LogP contribution in [0.25, 0.3) is 5.65 Å². The lowest BCUT2D eigenvalue weighted by Crippen LogP contribution is -2.35. The Labute approximate surface area is 178 Å². The fraction of sp³-hybridized carbons (Fsp3) is 0.522. The lowest BCUT2D eigenvalue weighted by atomic mass is 9.93. The number of nitrogens with one attached hydrogen (secondary N) is 1. The number of hydrogen-bond acceptors (Lipinski definition) is 5. The number of nitrogens with zero attached hydrogens (tertiary/aromatic N) is 5. The van der Waals surface area contributed by atoms with Gasteiger partial charge in [0.25, 0.3) is 0 Å². The molecule has 160 valence electrons. The molecule has 0 bridgehead atoms. The number of aromatic nitrogens is 3. The maximum Gasteiger partial charge on any atom is 0.249 e. The van der Waals surface area contributed by atoms with Crippen LogP contribution in [0, 0.1) is 11.8 Å². The molecule has 2 aromatic rings. The van der Waals surface area contributed by atoms with Gasteiger partial charge in [0.15, 0.2) is 5.65 Å². The first-order valence-corrected chi connectivity index (χ1v) is 11.0. The summed E-state index contributed by atoms with van der Waals surface area (Å²) in [5.74, 6) is 2.34. The minimum Gasteiger partial charge on any atom is -0.356 e. The van der Waals surface area contributed by atoms with E-state index < -0.39 is 0 Å². The van der Waals surface area contributed by atoms with Crippen LogP contribution in [-0.2, 0) is 4.79 Å². The number of amides is 1. The van der Waals surface area contributed by atoms with Gasteiger partial charge in [0, 0.05) is 31.2 Å². The van der Waals surface area contributed by atoms with Gasteiger partial charge in [-0.3, -0.25) is 10.1 Å². The summed E-state index contributed by atoms with van der Waals surface area (Å²) in [6.07, 6.45) is 9.62. The molecule has 7 nitrogen and oxygen atoms in total. The topological polar surface area (TPSA) is 65.8 Å². The second-order valence-corrected chi connectivity index (χ2v) is 8.48. The molecule has 3 heterocycles.